The van der Waals surface area contributed by atoms with Crippen LogP contribution in [0.1, 0.15) is 19.8 Å². The summed E-state index contributed by atoms with van der Waals surface area (Å²) in [6.45, 7) is 2.54. The zero-order valence-electron chi connectivity index (χ0n) is 6.34. The molecular formula is C8H14NO. The molecule has 2 N–H and O–H groups in total. The monoisotopic (exact) mass is 140 g/mol. The van der Waals surface area contributed by atoms with E-state index in [1.165, 1.54) is 0 Å². The summed E-state index contributed by atoms with van der Waals surface area (Å²) in [5.74, 6) is 0.0623. The Morgan fingerprint density at radius 3 is 2.80 bits per heavy atom. The third-order valence-corrected chi connectivity index (χ3v) is 1.03. The van der Waals surface area contributed by atoms with E-state index in [9.17, 15) is 4.79 Å². The van der Waals surface area contributed by atoms with Gasteiger partial charge in [-0.25, -0.2) is 0 Å². The van der Waals surface area contributed by atoms with Gasteiger partial charge < -0.3 is 5.73 Å². The van der Waals surface area contributed by atoms with Crippen molar-refractivity contribution in [3.63, 3.8) is 0 Å². The second-order valence-electron chi connectivity index (χ2n) is 1.99. The lowest BCUT2D eigenvalue weighted by atomic mass is 10.2. The number of rotatable bonds is 5. The molecule has 2 heteroatoms. The fourth-order valence-electron chi connectivity index (χ4n) is 0.528. The molecule has 0 saturated heterocycles. The Balaban J connectivity index is 3.34. The van der Waals surface area contributed by atoms with Gasteiger partial charge in [0, 0.05) is 6.42 Å². The lowest BCUT2D eigenvalue weighted by Crippen LogP contribution is -2.02. The van der Waals surface area contributed by atoms with Gasteiger partial charge in [-0.05, 0) is 25.5 Å². The molecule has 0 atom stereocenters. The van der Waals surface area contributed by atoms with Gasteiger partial charge in [-0.15, -0.1) is 0 Å². The van der Waals surface area contributed by atoms with Crippen LogP contribution in [-0.4, -0.2) is 12.3 Å². The maximum absolute atomic E-state index is 10.8. The predicted molar refractivity (Wildman–Crippen MR) is 42.4 cm³/mol. The Hall–Kier alpha value is -0.630. The fraction of sp³-hybridized carbons (Fsp3) is 0.500. The average Bonchev–Trinajstić information content (AvgIpc) is 1.97. The minimum Gasteiger partial charge on any atom is -0.330 e. The first-order chi connectivity index (χ1) is 4.81. The molecule has 0 aromatic carbocycles. The Kier molecular flexibility index (Phi) is 6.08. The number of nitrogens with two attached hydrogens (primary N) is 1. The van der Waals surface area contributed by atoms with Crippen molar-refractivity contribution in [3.8, 4) is 0 Å². The molecular weight excluding hydrogens is 126 g/mol. The Bertz CT molecular complexity index is 118. The van der Waals surface area contributed by atoms with E-state index in [2.05, 4.69) is 0 Å². The van der Waals surface area contributed by atoms with Gasteiger partial charge in [0.15, 0.2) is 5.78 Å². The van der Waals surface area contributed by atoms with E-state index in [4.69, 9.17) is 5.73 Å². The molecule has 2 nitrogen and oxygen atoms in total. The van der Waals surface area contributed by atoms with Crippen LogP contribution in [0.15, 0.2) is 12.2 Å². The topological polar surface area (TPSA) is 43.1 Å². The minimum atomic E-state index is 0.0623. The van der Waals surface area contributed by atoms with Gasteiger partial charge in [-0.1, -0.05) is 13.0 Å². The molecule has 0 fully saturated rings. The summed E-state index contributed by atoms with van der Waals surface area (Å²) in [6, 6.07) is 0. The Morgan fingerprint density at radius 1 is 1.60 bits per heavy atom. The molecule has 0 aliphatic rings. The third kappa shape index (κ3) is 5.51. The van der Waals surface area contributed by atoms with Crippen LogP contribution < -0.4 is 5.73 Å². The van der Waals surface area contributed by atoms with E-state index in [1.54, 1.807) is 12.5 Å². The van der Waals surface area contributed by atoms with E-state index < -0.39 is 0 Å². The highest BCUT2D eigenvalue weighted by Crippen LogP contribution is 1.89. The van der Waals surface area contributed by atoms with Gasteiger partial charge in [0.2, 0.25) is 0 Å². The zero-order valence-corrected chi connectivity index (χ0v) is 6.34. The summed E-state index contributed by atoms with van der Waals surface area (Å²) < 4.78 is 0. The SMILES string of the molecule is CC/C=C/C(=O)[CH]CCN. The van der Waals surface area contributed by atoms with Crippen LogP contribution in [0.5, 0.6) is 0 Å². The quantitative estimate of drug-likeness (QED) is 0.580. The van der Waals surface area contributed by atoms with Crippen molar-refractivity contribution < 1.29 is 4.79 Å². The summed E-state index contributed by atoms with van der Waals surface area (Å²) >= 11 is 0. The third-order valence-electron chi connectivity index (χ3n) is 1.03. The van der Waals surface area contributed by atoms with Crippen molar-refractivity contribution in [1.82, 2.24) is 0 Å². The van der Waals surface area contributed by atoms with Gasteiger partial charge in [0.1, 0.15) is 0 Å². The van der Waals surface area contributed by atoms with Gasteiger partial charge in [0.05, 0.1) is 0 Å². The van der Waals surface area contributed by atoms with Crippen molar-refractivity contribution in [2.75, 3.05) is 6.54 Å². The number of allylic oxidation sites excluding steroid dienone is 2. The Labute approximate surface area is 62.1 Å². The van der Waals surface area contributed by atoms with Crippen molar-refractivity contribution in [1.29, 1.82) is 0 Å². The number of ketones is 1. The van der Waals surface area contributed by atoms with Crippen LogP contribution >= 0.6 is 0 Å². The number of carbonyl (C=O) groups is 1. The van der Waals surface area contributed by atoms with E-state index in [-0.39, 0.29) is 5.78 Å². The highest BCUT2D eigenvalue weighted by atomic mass is 16.1. The maximum atomic E-state index is 10.8. The van der Waals surface area contributed by atoms with Crippen molar-refractivity contribution >= 4 is 5.78 Å². The second-order valence-corrected chi connectivity index (χ2v) is 1.99. The molecule has 57 valence electrons. The summed E-state index contributed by atoms with van der Waals surface area (Å²) in [5, 5.41) is 0. The standard InChI is InChI=1S/C8H14NO/c1-2-3-5-8(10)6-4-7-9/h3,5-6H,2,4,7,9H2,1H3/b5-3+. The molecule has 0 spiro atoms. The van der Waals surface area contributed by atoms with Gasteiger partial charge in [-0.2, -0.15) is 0 Å². The zero-order chi connectivity index (χ0) is 7.82. The van der Waals surface area contributed by atoms with Gasteiger partial charge in [0.25, 0.3) is 0 Å². The molecule has 0 aromatic rings. The van der Waals surface area contributed by atoms with Crippen LogP contribution in [0.3, 0.4) is 0 Å². The van der Waals surface area contributed by atoms with Crippen LogP contribution in [-0.2, 0) is 4.79 Å². The largest absolute Gasteiger partial charge is 0.330 e. The summed E-state index contributed by atoms with van der Waals surface area (Å²) in [4.78, 5) is 10.8. The summed E-state index contributed by atoms with van der Waals surface area (Å²) in [7, 11) is 0. The minimum absolute atomic E-state index is 0.0623. The molecule has 1 radical (unpaired) electrons. The molecule has 0 amide bonds. The van der Waals surface area contributed by atoms with Crippen molar-refractivity contribution in [3.05, 3.63) is 18.6 Å². The lowest BCUT2D eigenvalue weighted by molar-refractivity contribution is -0.111. The van der Waals surface area contributed by atoms with E-state index in [1.807, 2.05) is 13.0 Å². The van der Waals surface area contributed by atoms with Crippen LogP contribution in [0.2, 0.25) is 0 Å². The van der Waals surface area contributed by atoms with Crippen LogP contribution in [0, 0.1) is 6.42 Å². The Morgan fingerprint density at radius 2 is 2.30 bits per heavy atom. The number of carbonyl (C=O) groups excluding carboxylic acids is 1. The first-order valence-corrected chi connectivity index (χ1v) is 3.55. The first-order valence-electron chi connectivity index (χ1n) is 3.55. The maximum Gasteiger partial charge on any atom is 0.159 e. The second kappa shape index (κ2) is 6.49. The smallest absolute Gasteiger partial charge is 0.159 e. The molecule has 0 aromatic heterocycles. The predicted octanol–water partition coefficient (Wildman–Crippen LogP) is 1.07. The molecule has 10 heavy (non-hydrogen) atoms. The highest BCUT2D eigenvalue weighted by molar-refractivity contribution is 5.96. The van der Waals surface area contributed by atoms with Crippen molar-refractivity contribution in [2.24, 2.45) is 5.73 Å². The fourth-order valence-corrected chi connectivity index (χ4v) is 0.528. The molecule has 0 aliphatic heterocycles. The van der Waals surface area contributed by atoms with Gasteiger partial charge in [-0.3, -0.25) is 4.79 Å². The number of hydrogen-bond donors (Lipinski definition) is 1. The first kappa shape index (κ1) is 9.37. The molecule has 0 saturated carbocycles. The van der Waals surface area contributed by atoms with E-state index in [0.717, 1.165) is 6.42 Å². The van der Waals surface area contributed by atoms with Crippen LogP contribution in [0.25, 0.3) is 0 Å². The molecule has 0 bridgehead atoms. The molecule has 0 aliphatic carbocycles. The van der Waals surface area contributed by atoms with Gasteiger partial charge >= 0.3 is 0 Å². The molecule has 0 rings (SSSR count). The van der Waals surface area contributed by atoms with Crippen LogP contribution in [0.4, 0.5) is 0 Å². The summed E-state index contributed by atoms with van der Waals surface area (Å²) in [6.07, 6.45) is 6.60. The van der Waals surface area contributed by atoms with E-state index >= 15 is 0 Å². The van der Waals surface area contributed by atoms with Crippen molar-refractivity contribution in [2.45, 2.75) is 19.8 Å². The molecule has 0 heterocycles. The average molecular weight is 140 g/mol. The normalized spacial score (nSPS) is 10.6. The number of hydrogen-bond acceptors (Lipinski definition) is 2. The lowest BCUT2D eigenvalue weighted by Gasteiger charge is -1.89. The highest BCUT2D eigenvalue weighted by Gasteiger charge is 1.93. The molecule has 0 unspecified atom stereocenters. The summed E-state index contributed by atoms with van der Waals surface area (Å²) in [5.41, 5.74) is 5.20. The van der Waals surface area contributed by atoms with E-state index in [0.29, 0.717) is 13.0 Å².